The van der Waals surface area contributed by atoms with Crippen molar-refractivity contribution in [3.05, 3.63) is 18.6 Å². The van der Waals surface area contributed by atoms with Crippen molar-refractivity contribution in [2.75, 3.05) is 0 Å². The second-order valence-electron chi connectivity index (χ2n) is 1.83. The minimum absolute atomic E-state index is 0.449. The number of rotatable bonds is 0. The summed E-state index contributed by atoms with van der Waals surface area (Å²) in [5.41, 5.74) is 0.516. The van der Waals surface area contributed by atoms with Crippen LogP contribution in [0.1, 0.15) is 0 Å². The molecule has 0 aromatic carbocycles. The van der Waals surface area contributed by atoms with Crippen molar-refractivity contribution in [1.82, 2.24) is 19.9 Å². The maximum Gasteiger partial charge on any atom is 0.203 e. The lowest BCUT2D eigenvalue weighted by Gasteiger charge is -1.98. The molecule has 2 aliphatic rings. The highest BCUT2D eigenvalue weighted by Gasteiger charge is 2.07. The molecule has 0 radical (unpaired) electrons. The van der Waals surface area contributed by atoms with Gasteiger partial charge in [-0.2, -0.15) is 9.83 Å². The van der Waals surface area contributed by atoms with E-state index in [2.05, 4.69) is 15.2 Å². The van der Waals surface area contributed by atoms with Gasteiger partial charge in [-0.1, -0.05) is 0 Å². The molecular weight excluding hydrogens is 132 g/mol. The van der Waals surface area contributed by atoms with Gasteiger partial charge in [-0.3, -0.25) is 0 Å². The minimum atomic E-state index is 0.449. The molecule has 0 saturated carbocycles. The fourth-order valence-corrected chi connectivity index (χ4v) is 0.748. The molecule has 0 bridgehead atoms. The van der Waals surface area contributed by atoms with Gasteiger partial charge in [-0.15, -0.1) is 5.10 Å². The fraction of sp³-hybridized carbons (Fsp3) is 0. The van der Waals surface area contributed by atoms with Crippen LogP contribution < -0.4 is 0 Å². The normalized spacial score (nSPS) is 10.4. The maximum absolute atomic E-state index is 9.06. The number of nitrogens with zero attached hydrogens (tertiary/aromatic N) is 4. The van der Waals surface area contributed by atoms with Crippen LogP contribution in [0.4, 0.5) is 0 Å². The smallest absolute Gasteiger partial charge is 0.203 e. The summed E-state index contributed by atoms with van der Waals surface area (Å²) in [6.45, 7) is 0. The molecule has 1 N–H and O–H groups in total. The predicted octanol–water partition coefficient (Wildman–Crippen LogP) is 0.0152. The second kappa shape index (κ2) is 1.66. The van der Waals surface area contributed by atoms with Crippen LogP contribution in [0.5, 0.6) is 0 Å². The Kier molecular flexibility index (Phi) is 0.858. The standard InChI is InChI=1S/C5H4N4O/c10-9-2-1-6-5-4(9)3-7-8-5/h1-3,10H. The summed E-state index contributed by atoms with van der Waals surface area (Å²) in [5, 5.41) is 16.3. The summed E-state index contributed by atoms with van der Waals surface area (Å²) in [6, 6.07) is 0. The molecule has 0 atom stereocenters. The van der Waals surface area contributed by atoms with Gasteiger partial charge < -0.3 is 5.21 Å². The van der Waals surface area contributed by atoms with E-state index in [4.69, 9.17) is 5.21 Å². The first-order chi connectivity index (χ1) is 4.88. The van der Waals surface area contributed by atoms with Crippen LogP contribution in [0.3, 0.4) is 0 Å². The number of hydrogen-bond donors (Lipinski definition) is 1. The van der Waals surface area contributed by atoms with Crippen LogP contribution in [-0.2, 0) is 0 Å². The molecule has 2 rings (SSSR count). The van der Waals surface area contributed by atoms with E-state index in [-0.39, 0.29) is 0 Å². The van der Waals surface area contributed by atoms with E-state index < -0.39 is 0 Å². The van der Waals surface area contributed by atoms with Crippen molar-refractivity contribution >= 4 is 0 Å². The van der Waals surface area contributed by atoms with Gasteiger partial charge in [0.25, 0.3) is 0 Å². The molecular formula is C5H4N4O. The third-order valence-electron chi connectivity index (χ3n) is 1.21. The quantitative estimate of drug-likeness (QED) is 0.518. The summed E-state index contributed by atoms with van der Waals surface area (Å²) in [5.74, 6) is 0.449. The Bertz CT molecular complexity index is 318. The molecule has 2 heterocycles. The zero-order chi connectivity index (χ0) is 6.97. The molecule has 0 aromatic rings. The Hall–Kier alpha value is -1.65. The molecule has 2 aliphatic heterocycles. The van der Waals surface area contributed by atoms with Gasteiger partial charge in [0.1, 0.15) is 5.69 Å². The minimum Gasteiger partial charge on any atom is -0.428 e. The van der Waals surface area contributed by atoms with Crippen LogP contribution in [0.25, 0.3) is 11.5 Å². The molecule has 5 nitrogen and oxygen atoms in total. The van der Waals surface area contributed by atoms with Crippen LogP contribution in [0.2, 0.25) is 0 Å². The highest BCUT2D eigenvalue weighted by molar-refractivity contribution is 5.47. The molecule has 0 saturated heterocycles. The fourth-order valence-electron chi connectivity index (χ4n) is 0.748. The first-order valence-electron chi connectivity index (χ1n) is 2.72. The van der Waals surface area contributed by atoms with Crippen molar-refractivity contribution in [2.24, 2.45) is 0 Å². The first-order valence-corrected chi connectivity index (χ1v) is 2.72. The third kappa shape index (κ3) is 0.540. The van der Waals surface area contributed by atoms with E-state index in [9.17, 15) is 0 Å². The Labute approximate surface area is 56.3 Å². The van der Waals surface area contributed by atoms with Crippen molar-refractivity contribution in [3.8, 4) is 11.5 Å². The second-order valence-corrected chi connectivity index (χ2v) is 1.83. The van der Waals surface area contributed by atoms with Gasteiger partial charge in [-0.05, 0) is 0 Å². The van der Waals surface area contributed by atoms with E-state index in [1.54, 1.807) is 0 Å². The van der Waals surface area contributed by atoms with Gasteiger partial charge in [0.15, 0.2) is 0 Å². The highest BCUT2D eigenvalue weighted by Crippen LogP contribution is 2.11. The van der Waals surface area contributed by atoms with Gasteiger partial charge in [0.05, 0.1) is 12.4 Å². The molecule has 10 heavy (non-hydrogen) atoms. The summed E-state index contributed by atoms with van der Waals surface area (Å²) >= 11 is 0. The highest BCUT2D eigenvalue weighted by atomic mass is 16.5. The lowest BCUT2D eigenvalue weighted by atomic mass is 10.4. The first kappa shape index (κ1) is 5.16. The van der Waals surface area contributed by atoms with E-state index in [0.717, 1.165) is 4.73 Å². The monoisotopic (exact) mass is 136 g/mol. The summed E-state index contributed by atoms with van der Waals surface area (Å²) in [6.07, 6.45) is 4.32. The van der Waals surface area contributed by atoms with Crippen molar-refractivity contribution in [1.29, 1.82) is 0 Å². The summed E-state index contributed by atoms with van der Waals surface area (Å²) in [7, 11) is 0. The molecule has 0 unspecified atom stereocenters. The number of fused-ring (bicyclic) bond motifs is 1. The molecule has 0 aromatic heterocycles. The zero-order valence-corrected chi connectivity index (χ0v) is 4.97. The van der Waals surface area contributed by atoms with Gasteiger partial charge in [0, 0.05) is 6.20 Å². The summed E-state index contributed by atoms with van der Waals surface area (Å²) < 4.78 is 0.933. The van der Waals surface area contributed by atoms with E-state index in [1.807, 2.05) is 0 Å². The van der Waals surface area contributed by atoms with Gasteiger partial charge in [0.2, 0.25) is 5.82 Å². The van der Waals surface area contributed by atoms with Crippen LogP contribution >= 0.6 is 0 Å². The van der Waals surface area contributed by atoms with Crippen LogP contribution in [0, 0.1) is 0 Å². The molecule has 50 valence electrons. The average molecular weight is 136 g/mol. The van der Waals surface area contributed by atoms with E-state index in [1.165, 1.54) is 18.6 Å². The Morgan fingerprint density at radius 2 is 2.40 bits per heavy atom. The molecule has 5 heteroatoms. The number of aromatic nitrogens is 4. The molecule has 0 amide bonds. The molecule has 0 spiro atoms. The maximum atomic E-state index is 9.06. The number of hydrogen-bond acceptors (Lipinski definition) is 4. The van der Waals surface area contributed by atoms with E-state index >= 15 is 0 Å². The lowest BCUT2D eigenvalue weighted by Crippen LogP contribution is -1.97. The van der Waals surface area contributed by atoms with Gasteiger partial charge >= 0.3 is 0 Å². The summed E-state index contributed by atoms with van der Waals surface area (Å²) in [4.78, 5) is 3.85. The van der Waals surface area contributed by atoms with Gasteiger partial charge in [-0.25, -0.2) is 4.98 Å². The van der Waals surface area contributed by atoms with Crippen molar-refractivity contribution in [2.45, 2.75) is 0 Å². The lowest BCUT2D eigenvalue weighted by molar-refractivity contribution is 0.188. The Morgan fingerprint density at radius 1 is 1.50 bits per heavy atom. The Morgan fingerprint density at radius 3 is 3.20 bits per heavy atom. The van der Waals surface area contributed by atoms with Crippen molar-refractivity contribution < 1.29 is 5.21 Å². The molecule has 0 aliphatic carbocycles. The van der Waals surface area contributed by atoms with Crippen LogP contribution in [0.15, 0.2) is 18.6 Å². The largest absolute Gasteiger partial charge is 0.428 e. The molecule has 0 fully saturated rings. The zero-order valence-electron chi connectivity index (χ0n) is 4.97. The van der Waals surface area contributed by atoms with E-state index in [0.29, 0.717) is 11.5 Å². The van der Waals surface area contributed by atoms with Crippen molar-refractivity contribution in [3.63, 3.8) is 0 Å². The van der Waals surface area contributed by atoms with Crippen LogP contribution in [-0.4, -0.2) is 25.1 Å². The predicted molar refractivity (Wildman–Crippen MR) is 31.6 cm³/mol. The SMILES string of the molecule is On1ccnc2nncc1-2. The Balaban J connectivity index is 2.80. The topological polar surface area (TPSA) is 63.8 Å². The third-order valence-corrected chi connectivity index (χ3v) is 1.21. The average Bonchev–Trinajstić information content (AvgIpc) is 2.36.